The van der Waals surface area contributed by atoms with Crippen molar-refractivity contribution in [2.24, 2.45) is 0 Å². The van der Waals surface area contributed by atoms with E-state index in [-0.39, 0.29) is 5.41 Å². The van der Waals surface area contributed by atoms with Gasteiger partial charge in [0.2, 0.25) is 0 Å². The van der Waals surface area contributed by atoms with Gasteiger partial charge < -0.3 is 4.74 Å². The molecule has 112 valence electrons. The Kier molecular flexibility index (Phi) is 5.00. The normalized spacial score (nSPS) is 11.5. The van der Waals surface area contributed by atoms with Crippen molar-refractivity contribution in [3.05, 3.63) is 57.6 Å². The third-order valence-electron chi connectivity index (χ3n) is 3.44. The number of hydrogen-bond donors (Lipinski definition) is 0. The van der Waals surface area contributed by atoms with E-state index in [2.05, 4.69) is 55.8 Å². The smallest absolute Gasteiger partial charge is 0.130 e. The summed E-state index contributed by atoms with van der Waals surface area (Å²) in [5.74, 6) is 2.18. The summed E-state index contributed by atoms with van der Waals surface area (Å²) in [5.41, 5.74) is 3.66. The van der Waals surface area contributed by atoms with Crippen LogP contribution in [0.1, 0.15) is 37.5 Å². The van der Waals surface area contributed by atoms with Crippen molar-refractivity contribution >= 4 is 27.5 Å². The molecule has 1 nitrogen and oxygen atoms in total. The van der Waals surface area contributed by atoms with Crippen molar-refractivity contribution < 1.29 is 4.74 Å². The molecule has 0 atom stereocenters. The molecule has 2 aromatic rings. The Balaban J connectivity index is 2.26. The van der Waals surface area contributed by atoms with Gasteiger partial charge in [0.15, 0.2) is 0 Å². The summed E-state index contributed by atoms with van der Waals surface area (Å²) in [4.78, 5) is 0. The lowest BCUT2D eigenvalue weighted by atomic mass is 9.86. The average Bonchev–Trinajstić information content (AvgIpc) is 2.40. The summed E-state index contributed by atoms with van der Waals surface area (Å²) in [5, 5.41) is 0. The van der Waals surface area contributed by atoms with Crippen molar-refractivity contribution in [2.75, 3.05) is 0 Å². The first kappa shape index (κ1) is 16.4. The van der Waals surface area contributed by atoms with E-state index in [1.165, 1.54) is 5.56 Å². The number of benzene rings is 2. The quantitative estimate of drug-likeness (QED) is 0.556. The molecule has 21 heavy (non-hydrogen) atoms. The first-order valence-electron chi connectivity index (χ1n) is 6.94. The van der Waals surface area contributed by atoms with Gasteiger partial charge in [-0.15, -0.1) is 11.6 Å². The van der Waals surface area contributed by atoms with E-state index < -0.39 is 0 Å². The van der Waals surface area contributed by atoms with Gasteiger partial charge in [-0.05, 0) is 47.2 Å². The number of ether oxygens (including phenoxy) is 1. The van der Waals surface area contributed by atoms with E-state index in [1.54, 1.807) is 0 Å². The van der Waals surface area contributed by atoms with Gasteiger partial charge in [0.1, 0.15) is 11.5 Å². The van der Waals surface area contributed by atoms with Crippen LogP contribution >= 0.6 is 27.5 Å². The molecule has 0 bridgehead atoms. The molecule has 0 saturated heterocycles. The molecule has 0 spiro atoms. The zero-order chi connectivity index (χ0) is 15.6. The molecule has 0 fully saturated rings. The predicted molar refractivity (Wildman–Crippen MR) is 93.7 cm³/mol. The van der Waals surface area contributed by atoms with E-state index in [4.69, 9.17) is 16.3 Å². The summed E-state index contributed by atoms with van der Waals surface area (Å²) < 4.78 is 6.96. The fourth-order valence-corrected chi connectivity index (χ4v) is 2.95. The molecule has 2 aromatic carbocycles. The summed E-state index contributed by atoms with van der Waals surface area (Å²) in [7, 11) is 0. The third-order valence-corrected chi connectivity index (χ3v) is 4.46. The molecule has 0 saturated carbocycles. The van der Waals surface area contributed by atoms with Crippen LogP contribution < -0.4 is 4.74 Å². The molecule has 0 aliphatic heterocycles. The number of hydrogen-bond acceptors (Lipinski definition) is 1. The molecule has 0 aromatic heterocycles. The second-order valence-electron chi connectivity index (χ2n) is 6.22. The van der Waals surface area contributed by atoms with Gasteiger partial charge in [-0.1, -0.05) is 54.9 Å². The topological polar surface area (TPSA) is 9.23 Å². The molecule has 0 amide bonds. The molecule has 0 heterocycles. The van der Waals surface area contributed by atoms with Gasteiger partial charge in [-0.2, -0.15) is 0 Å². The Morgan fingerprint density at radius 1 is 1.10 bits per heavy atom. The van der Waals surface area contributed by atoms with E-state index in [1.807, 2.05) is 24.3 Å². The fourth-order valence-electron chi connectivity index (χ4n) is 2.06. The highest BCUT2D eigenvalue weighted by atomic mass is 79.9. The first-order valence-corrected chi connectivity index (χ1v) is 8.27. The summed E-state index contributed by atoms with van der Waals surface area (Å²) in [6.45, 7) is 8.71. The van der Waals surface area contributed by atoms with Crippen LogP contribution in [-0.2, 0) is 11.3 Å². The largest absolute Gasteiger partial charge is 0.457 e. The van der Waals surface area contributed by atoms with Gasteiger partial charge in [0.25, 0.3) is 0 Å². The lowest BCUT2D eigenvalue weighted by Crippen LogP contribution is -2.11. The molecule has 3 heteroatoms. The second kappa shape index (κ2) is 6.41. The van der Waals surface area contributed by atoms with Crippen molar-refractivity contribution in [3.63, 3.8) is 0 Å². The maximum atomic E-state index is 5.98. The maximum Gasteiger partial charge on any atom is 0.130 e. The highest BCUT2D eigenvalue weighted by Gasteiger charge is 2.15. The maximum absolute atomic E-state index is 5.98. The predicted octanol–water partition coefficient (Wildman–Crippen LogP) is 6.59. The van der Waals surface area contributed by atoms with Crippen LogP contribution in [0.5, 0.6) is 11.5 Å². The number of halogens is 2. The van der Waals surface area contributed by atoms with Crippen LogP contribution in [0.2, 0.25) is 0 Å². The molecule has 0 aliphatic carbocycles. The lowest BCUT2D eigenvalue weighted by Gasteiger charge is -2.20. The minimum atomic E-state index is 0.147. The van der Waals surface area contributed by atoms with Crippen LogP contribution in [0.3, 0.4) is 0 Å². The van der Waals surface area contributed by atoms with Crippen LogP contribution in [0.4, 0.5) is 0 Å². The van der Waals surface area contributed by atoms with Gasteiger partial charge in [0.05, 0.1) is 0 Å². The Labute approximate surface area is 140 Å². The standard InChI is InChI=1S/C18H20BrClO/c1-12-9-14(18(2,3)4)6-8-17(12)21-15-7-5-13(11-20)16(19)10-15/h5-10H,11H2,1-4H3. The number of aryl methyl sites for hydroxylation is 1. The van der Waals surface area contributed by atoms with Crippen LogP contribution in [0.25, 0.3) is 0 Å². The molecular formula is C18H20BrClO. The minimum Gasteiger partial charge on any atom is -0.457 e. The lowest BCUT2D eigenvalue weighted by molar-refractivity contribution is 0.477. The Morgan fingerprint density at radius 3 is 2.33 bits per heavy atom. The minimum absolute atomic E-state index is 0.147. The van der Waals surface area contributed by atoms with Crippen LogP contribution in [0.15, 0.2) is 40.9 Å². The molecular weight excluding hydrogens is 348 g/mol. The fraction of sp³-hybridized carbons (Fsp3) is 0.333. The van der Waals surface area contributed by atoms with Crippen molar-refractivity contribution in [2.45, 2.75) is 39.0 Å². The third kappa shape index (κ3) is 4.02. The Bertz CT molecular complexity index is 644. The number of rotatable bonds is 3. The van der Waals surface area contributed by atoms with E-state index in [0.29, 0.717) is 5.88 Å². The van der Waals surface area contributed by atoms with Gasteiger partial charge in [0, 0.05) is 10.4 Å². The summed E-state index contributed by atoms with van der Waals surface area (Å²) >= 11 is 9.37. The molecule has 0 unspecified atom stereocenters. The summed E-state index contributed by atoms with van der Waals surface area (Å²) in [6, 6.07) is 12.2. The zero-order valence-corrected chi connectivity index (χ0v) is 15.2. The van der Waals surface area contributed by atoms with Crippen LogP contribution in [-0.4, -0.2) is 0 Å². The van der Waals surface area contributed by atoms with E-state index in [9.17, 15) is 0 Å². The molecule has 2 rings (SSSR count). The van der Waals surface area contributed by atoms with Gasteiger partial charge in [-0.3, -0.25) is 0 Å². The monoisotopic (exact) mass is 366 g/mol. The van der Waals surface area contributed by atoms with E-state index >= 15 is 0 Å². The number of alkyl halides is 1. The molecule has 0 N–H and O–H groups in total. The van der Waals surface area contributed by atoms with Gasteiger partial charge in [-0.25, -0.2) is 0 Å². The van der Waals surface area contributed by atoms with Crippen molar-refractivity contribution in [3.8, 4) is 11.5 Å². The second-order valence-corrected chi connectivity index (χ2v) is 7.34. The van der Waals surface area contributed by atoms with Crippen molar-refractivity contribution in [1.82, 2.24) is 0 Å². The molecule has 0 radical (unpaired) electrons. The van der Waals surface area contributed by atoms with Gasteiger partial charge >= 0.3 is 0 Å². The zero-order valence-electron chi connectivity index (χ0n) is 12.8. The highest BCUT2D eigenvalue weighted by molar-refractivity contribution is 9.10. The highest BCUT2D eigenvalue weighted by Crippen LogP contribution is 2.32. The van der Waals surface area contributed by atoms with E-state index in [0.717, 1.165) is 27.1 Å². The van der Waals surface area contributed by atoms with Crippen molar-refractivity contribution in [1.29, 1.82) is 0 Å². The van der Waals surface area contributed by atoms with Crippen LogP contribution in [0, 0.1) is 6.92 Å². The Hall–Kier alpha value is -0.990. The first-order chi connectivity index (χ1) is 9.81. The summed E-state index contributed by atoms with van der Waals surface area (Å²) in [6.07, 6.45) is 0. The Morgan fingerprint density at radius 2 is 1.81 bits per heavy atom. The molecule has 0 aliphatic rings. The average molecular weight is 368 g/mol. The SMILES string of the molecule is Cc1cc(C(C)(C)C)ccc1Oc1ccc(CCl)c(Br)c1.